The molecule has 4 aromatic heterocycles. The average molecular weight is 786 g/mol. The lowest BCUT2D eigenvalue weighted by atomic mass is 9.98. The number of benzene rings is 8. The summed E-state index contributed by atoms with van der Waals surface area (Å²) in [7, 11) is 0. The number of rotatable bonds is 5. The zero-order valence-corrected chi connectivity index (χ0v) is 32.8. The second-order valence-electron chi connectivity index (χ2n) is 15.2. The van der Waals surface area contributed by atoms with E-state index in [9.17, 15) is 0 Å². The molecule has 12 aromatic rings. The molecule has 1 aliphatic rings. The lowest BCUT2D eigenvalue weighted by Gasteiger charge is -2.23. The summed E-state index contributed by atoms with van der Waals surface area (Å²) in [6, 6.07) is 65.8. The fraction of sp³-hybridized carbons (Fsp3) is 0. The molecule has 7 heteroatoms. The zero-order chi connectivity index (χ0) is 39.3. The summed E-state index contributed by atoms with van der Waals surface area (Å²) in [4.78, 5) is 18.0. The van der Waals surface area contributed by atoms with Gasteiger partial charge in [0.2, 0.25) is 0 Å². The van der Waals surface area contributed by atoms with E-state index in [4.69, 9.17) is 19.4 Å². The van der Waals surface area contributed by atoms with Gasteiger partial charge in [-0.15, -0.1) is 0 Å². The van der Waals surface area contributed by atoms with Crippen LogP contribution in [-0.4, -0.2) is 24.1 Å². The van der Waals surface area contributed by atoms with Crippen molar-refractivity contribution in [3.8, 4) is 56.7 Å². The summed E-state index contributed by atoms with van der Waals surface area (Å²) in [5.74, 6) is 1.86. The molecule has 1 aliphatic heterocycles. The van der Waals surface area contributed by atoms with E-state index in [1.54, 1.807) is 11.8 Å². The highest BCUT2D eigenvalue weighted by atomic mass is 32.2. The van der Waals surface area contributed by atoms with Crippen LogP contribution in [-0.2, 0) is 0 Å². The van der Waals surface area contributed by atoms with Crippen molar-refractivity contribution in [3.63, 3.8) is 0 Å². The van der Waals surface area contributed by atoms with Crippen molar-refractivity contribution in [3.05, 3.63) is 188 Å². The first-order valence-corrected chi connectivity index (χ1v) is 20.8. The van der Waals surface area contributed by atoms with E-state index in [-0.39, 0.29) is 0 Å². The topological polar surface area (TPSA) is 61.7 Å². The molecule has 5 heterocycles. The molecule has 0 amide bonds. The minimum absolute atomic E-state index is 0.610. The smallest absolute Gasteiger partial charge is 0.165 e. The number of hydrogen-bond acceptors (Lipinski definition) is 5. The number of aromatic nitrogens is 5. The van der Waals surface area contributed by atoms with Gasteiger partial charge in [-0.05, 0) is 65.7 Å². The summed E-state index contributed by atoms with van der Waals surface area (Å²) in [5, 5.41) is 5.91. The molecule has 0 unspecified atom stereocenters. The molecule has 0 saturated heterocycles. The van der Waals surface area contributed by atoms with E-state index in [1.807, 2.05) is 36.4 Å². The van der Waals surface area contributed by atoms with Crippen LogP contribution >= 0.6 is 11.8 Å². The number of nitrogens with zero attached hydrogens (tertiary/aromatic N) is 5. The maximum absolute atomic E-state index is 6.27. The quantitative estimate of drug-likeness (QED) is 0.174. The minimum atomic E-state index is 0.610. The lowest BCUT2D eigenvalue weighted by molar-refractivity contribution is 0.669. The number of para-hydroxylation sites is 4. The maximum atomic E-state index is 6.27. The van der Waals surface area contributed by atoms with Crippen LogP contribution in [0.5, 0.6) is 0 Å². The Hall–Kier alpha value is -7.74. The fourth-order valence-corrected chi connectivity index (χ4v) is 10.4. The van der Waals surface area contributed by atoms with Crippen LogP contribution in [0.15, 0.2) is 202 Å². The number of fused-ring (bicyclic) bond motifs is 10. The van der Waals surface area contributed by atoms with Gasteiger partial charge >= 0.3 is 0 Å². The first-order chi connectivity index (χ1) is 29.8. The van der Waals surface area contributed by atoms with Gasteiger partial charge in [-0.1, -0.05) is 145 Å². The standard InChI is InChI=1S/C53H31N5OS/c1-3-15-32(16-4-1)50-54-51(34-18-11-17-33(31-34)36-23-13-29-44-46(36)38-22-8-10-28-43(38)59-44)56-52(55-50)40-25-12-27-42-49(40)60-45-30-14-24-39-47-37-21-7-9-26-41(37)57(35-19-5-2-6-20-35)53(47)58(42)48(39)45/h1-31H. The van der Waals surface area contributed by atoms with Crippen molar-refractivity contribution >= 4 is 66.5 Å². The van der Waals surface area contributed by atoms with E-state index >= 15 is 0 Å². The van der Waals surface area contributed by atoms with Gasteiger partial charge in [-0.25, -0.2) is 15.0 Å². The van der Waals surface area contributed by atoms with Gasteiger partial charge in [0.15, 0.2) is 17.5 Å². The van der Waals surface area contributed by atoms with Gasteiger partial charge in [0, 0.05) is 59.1 Å². The van der Waals surface area contributed by atoms with Crippen LogP contribution in [0, 0.1) is 0 Å². The molecule has 0 bridgehead atoms. The number of hydrogen-bond donors (Lipinski definition) is 0. The van der Waals surface area contributed by atoms with Gasteiger partial charge < -0.3 is 4.42 Å². The van der Waals surface area contributed by atoms with E-state index in [0.29, 0.717) is 17.5 Å². The third-order valence-corrected chi connectivity index (χ3v) is 12.9. The van der Waals surface area contributed by atoms with Gasteiger partial charge in [0.05, 0.1) is 16.7 Å². The van der Waals surface area contributed by atoms with Crippen LogP contribution < -0.4 is 0 Å². The molecule has 6 nitrogen and oxygen atoms in total. The third kappa shape index (κ3) is 4.87. The molecule has 13 rings (SSSR count). The maximum Gasteiger partial charge on any atom is 0.165 e. The summed E-state index contributed by atoms with van der Waals surface area (Å²) in [6.45, 7) is 0. The lowest BCUT2D eigenvalue weighted by Crippen LogP contribution is -2.07. The summed E-state index contributed by atoms with van der Waals surface area (Å²) < 4.78 is 11.1. The first-order valence-electron chi connectivity index (χ1n) is 20.0. The molecule has 8 aromatic carbocycles. The monoisotopic (exact) mass is 785 g/mol. The molecule has 280 valence electrons. The van der Waals surface area contributed by atoms with Crippen LogP contribution in [0.2, 0.25) is 0 Å². The Morgan fingerprint density at radius 2 is 1.07 bits per heavy atom. The van der Waals surface area contributed by atoms with E-state index < -0.39 is 0 Å². The Bertz CT molecular complexity index is 3700. The normalized spacial score (nSPS) is 12.3. The van der Waals surface area contributed by atoms with Crippen LogP contribution in [0.25, 0.3) is 111 Å². The van der Waals surface area contributed by atoms with Crippen molar-refractivity contribution < 1.29 is 4.42 Å². The van der Waals surface area contributed by atoms with Crippen molar-refractivity contribution in [2.45, 2.75) is 9.79 Å². The number of furan rings is 1. The van der Waals surface area contributed by atoms with Gasteiger partial charge in [0.25, 0.3) is 0 Å². The van der Waals surface area contributed by atoms with Gasteiger partial charge in [0.1, 0.15) is 16.8 Å². The predicted molar refractivity (Wildman–Crippen MR) is 244 cm³/mol. The Balaban J connectivity index is 1.04. The van der Waals surface area contributed by atoms with E-state index in [1.165, 1.54) is 32.1 Å². The first kappa shape index (κ1) is 33.3. The Morgan fingerprint density at radius 3 is 1.95 bits per heavy atom. The highest BCUT2D eigenvalue weighted by Gasteiger charge is 2.30. The Morgan fingerprint density at radius 1 is 0.433 bits per heavy atom. The molecule has 0 spiro atoms. The van der Waals surface area contributed by atoms with Crippen molar-refractivity contribution in [2.75, 3.05) is 0 Å². The molecular weight excluding hydrogens is 755 g/mol. The summed E-state index contributed by atoms with van der Waals surface area (Å²) >= 11 is 1.79. The van der Waals surface area contributed by atoms with Gasteiger partial charge in [-0.3, -0.25) is 9.13 Å². The van der Waals surface area contributed by atoms with Crippen molar-refractivity contribution in [1.29, 1.82) is 0 Å². The molecule has 0 N–H and O–H groups in total. The zero-order valence-electron chi connectivity index (χ0n) is 32.0. The average Bonchev–Trinajstić information content (AvgIpc) is 3.98. The molecule has 0 aliphatic carbocycles. The summed E-state index contributed by atoms with van der Waals surface area (Å²) in [6.07, 6.45) is 0. The van der Waals surface area contributed by atoms with Crippen molar-refractivity contribution in [2.24, 2.45) is 0 Å². The van der Waals surface area contributed by atoms with Crippen LogP contribution in [0.1, 0.15) is 0 Å². The molecule has 60 heavy (non-hydrogen) atoms. The van der Waals surface area contributed by atoms with E-state index in [0.717, 1.165) is 71.7 Å². The minimum Gasteiger partial charge on any atom is -0.456 e. The van der Waals surface area contributed by atoms with Crippen LogP contribution in [0.4, 0.5) is 0 Å². The van der Waals surface area contributed by atoms with E-state index in [2.05, 4.69) is 161 Å². The largest absolute Gasteiger partial charge is 0.456 e. The van der Waals surface area contributed by atoms with Crippen LogP contribution in [0.3, 0.4) is 0 Å². The highest BCUT2D eigenvalue weighted by molar-refractivity contribution is 8.00. The molecule has 0 saturated carbocycles. The summed E-state index contributed by atoms with van der Waals surface area (Å²) in [5.41, 5.74) is 12.4. The molecule has 0 fully saturated rings. The second-order valence-corrected chi connectivity index (χ2v) is 16.2. The Labute approximate surface area is 348 Å². The second kappa shape index (κ2) is 12.9. The third-order valence-electron chi connectivity index (χ3n) is 11.8. The SMILES string of the molecule is c1ccc(-c2nc(-c3cccc(-c4cccc5oc6ccccc6c45)c3)nc(-c3cccc4c3Sc3cccc5c6c7ccccc7n(-c7ccccc7)c6n-4c35)n2)cc1. The van der Waals surface area contributed by atoms with Crippen molar-refractivity contribution in [1.82, 2.24) is 24.1 Å². The fourth-order valence-electron chi connectivity index (χ4n) is 9.20. The molecule has 0 atom stereocenters. The highest BCUT2D eigenvalue weighted by Crippen LogP contribution is 2.51. The predicted octanol–water partition coefficient (Wildman–Crippen LogP) is 13.9. The Kier molecular flexibility index (Phi) is 7.14. The van der Waals surface area contributed by atoms with Gasteiger partial charge in [-0.2, -0.15) is 0 Å². The molecule has 0 radical (unpaired) electrons. The molecular formula is C53H31N5OS.